The number of hydrogen-bond acceptors (Lipinski definition) is 3. The summed E-state index contributed by atoms with van der Waals surface area (Å²) in [5, 5.41) is 5.37. The van der Waals surface area contributed by atoms with Crippen LogP contribution in [0.4, 0.5) is 0 Å². The first-order chi connectivity index (χ1) is 6.67. The molecule has 0 aromatic rings. The topological polar surface area (TPSA) is 24.4 Å². The second kappa shape index (κ2) is 5.64. The van der Waals surface area contributed by atoms with E-state index < -0.39 is 0 Å². The monoisotopic (exact) mass is 214 g/mol. The first kappa shape index (κ1) is 11.9. The molecule has 3 atom stereocenters. The number of thioether (sulfide) groups is 1. The molecule has 0 amide bonds. The van der Waals surface area contributed by atoms with Gasteiger partial charge in [0.15, 0.2) is 5.17 Å². The van der Waals surface area contributed by atoms with Gasteiger partial charge in [-0.05, 0) is 19.3 Å². The van der Waals surface area contributed by atoms with E-state index in [9.17, 15) is 0 Å². The van der Waals surface area contributed by atoms with E-state index in [4.69, 9.17) is 0 Å². The summed E-state index contributed by atoms with van der Waals surface area (Å²) in [5.41, 5.74) is 0. The van der Waals surface area contributed by atoms with Crippen molar-refractivity contribution in [3.05, 3.63) is 0 Å². The van der Waals surface area contributed by atoms with Gasteiger partial charge in [-0.15, -0.1) is 0 Å². The molecule has 0 aliphatic carbocycles. The molecule has 2 nitrogen and oxygen atoms in total. The smallest absolute Gasteiger partial charge is 0.157 e. The van der Waals surface area contributed by atoms with Crippen molar-refractivity contribution in [2.45, 2.75) is 51.8 Å². The van der Waals surface area contributed by atoms with Gasteiger partial charge in [0.2, 0.25) is 0 Å². The summed E-state index contributed by atoms with van der Waals surface area (Å²) < 4.78 is 0. The van der Waals surface area contributed by atoms with Gasteiger partial charge in [-0.3, -0.25) is 4.99 Å². The number of rotatable bonds is 4. The number of aliphatic imine (C=N–C) groups is 1. The minimum absolute atomic E-state index is 0.543. The van der Waals surface area contributed by atoms with E-state index in [1.165, 1.54) is 12.8 Å². The number of nitrogens with zero attached hydrogens (tertiary/aromatic N) is 1. The maximum atomic E-state index is 4.51. The van der Waals surface area contributed by atoms with Gasteiger partial charge < -0.3 is 5.32 Å². The van der Waals surface area contributed by atoms with Crippen LogP contribution in [0.2, 0.25) is 0 Å². The summed E-state index contributed by atoms with van der Waals surface area (Å²) in [6.07, 6.45) is 2.44. The lowest BCUT2D eigenvalue weighted by molar-refractivity contribution is 0.439. The van der Waals surface area contributed by atoms with Crippen molar-refractivity contribution >= 4 is 16.9 Å². The van der Waals surface area contributed by atoms with Gasteiger partial charge in [0.05, 0.1) is 6.54 Å². The van der Waals surface area contributed by atoms with Crippen molar-refractivity contribution in [3.8, 4) is 0 Å². The van der Waals surface area contributed by atoms with Crippen LogP contribution in [0.25, 0.3) is 0 Å². The van der Waals surface area contributed by atoms with Crippen LogP contribution in [0.3, 0.4) is 0 Å². The predicted octanol–water partition coefficient (Wildman–Crippen LogP) is 2.89. The molecule has 0 aromatic heterocycles. The van der Waals surface area contributed by atoms with E-state index in [0.717, 1.165) is 17.6 Å². The highest BCUT2D eigenvalue weighted by Crippen LogP contribution is 2.23. The van der Waals surface area contributed by atoms with Gasteiger partial charge in [0.1, 0.15) is 0 Å². The summed E-state index contributed by atoms with van der Waals surface area (Å²) in [5.74, 6) is 0.721. The van der Waals surface area contributed by atoms with Crippen LogP contribution in [0, 0.1) is 5.92 Å². The first-order valence-electron chi connectivity index (χ1n) is 5.65. The van der Waals surface area contributed by atoms with Crippen molar-refractivity contribution in [1.82, 2.24) is 5.32 Å². The molecule has 82 valence electrons. The summed E-state index contributed by atoms with van der Waals surface area (Å²) in [6, 6.07) is 0.543. The van der Waals surface area contributed by atoms with Crippen LogP contribution in [0.15, 0.2) is 4.99 Å². The van der Waals surface area contributed by atoms with Crippen molar-refractivity contribution in [2.75, 3.05) is 6.54 Å². The lowest BCUT2D eigenvalue weighted by Crippen LogP contribution is -2.34. The van der Waals surface area contributed by atoms with Gasteiger partial charge in [-0.2, -0.15) is 0 Å². The van der Waals surface area contributed by atoms with E-state index in [1.54, 1.807) is 0 Å². The van der Waals surface area contributed by atoms with E-state index in [1.807, 2.05) is 11.8 Å². The highest BCUT2D eigenvalue weighted by Gasteiger charge is 2.20. The second-order valence-corrected chi connectivity index (χ2v) is 5.40. The van der Waals surface area contributed by atoms with Gasteiger partial charge in [0, 0.05) is 11.3 Å². The van der Waals surface area contributed by atoms with Gasteiger partial charge in [0.25, 0.3) is 0 Å². The SMILES string of the molecule is CCC1CN=C(NC(C)C(C)CC)S1. The van der Waals surface area contributed by atoms with E-state index in [-0.39, 0.29) is 0 Å². The zero-order valence-electron chi connectivity index (χ0n) is 9.71. The minimum atomic E-state index is 0.543. The summed E-state index contributed by atoms with van der Waals surface area (Å²) in [6.45, 7) is 10.00. The van der Waals surface area contributed by atoms with Crippen molar-refractivity contribution < 1.29 is 0 Å². The number of amidine groups is 1. The second-order valence-electron chi connectivity index (χ2n) is 4.11. The zero-order chi connectivity index (χ0) is 10.6. The van der Waals surface area contributed by atoms with Crippen LogP contribution < -0.4 is 5.32 Å². The maximum Gasteiger partial charge on any atom is 0.157 e. The van der Waals surface area contributed by atoms with Crippen LogP contribution in [-0.2, 0) is 0 Å². The standard InChI is InChI=1S/C11H22N2S/c1-5-8(3)9(4)13-11-12-7-10(6-2)14-11/h8-10H,5-7H2,1-4H3,(H,12,13). The molecule has 1 aliphatic heterocycles. The Morgan fingerprint density at radius 3 is 2.71 bits per heavy atom. The third-order valence-corrected chi connectivity index (χ3v) is 4.31. The largest absolute Gasteiger partial charge is 0.362 e. The quantitative estimate of drug-likeness (QED) is 0.778. The Hall–Kier alpha value is -0.180. The van der Waals surface area contributed by atoms with E-state index >= 15 is 0 Å². The van der Waals surface area contributed by atoms with Crippen LogP contribution in [0.1, 0.15) is 40.5 Å². The average Bonchev–Trinajstić information content (AvgIpc) is 2.64. The van der Waals surface area contributed by atoms with Gasteiger partial charge in [-0.1, -0.05) is 39.0 Å². The Labute approximate surface area is 92.0 Å². The Kier molecular flexibility index (Phi) is 4.79. The predicted molar refractivity (Wildman–Crippen MR) is 66.0 cm³/mol. The summed E-state index contributed by atoms with van der Waals surface area (Å²) in [4.78, 5) is 4.51. The molecular formula is C11H22N2S. The van der Waals surface area contributed by atoms with Gasteiger partial charge >= 0.3 is 0 Å². The average molecular weight is 214 g/mol. The van der Waals surface area contributed by atoms with E-state index in [2.05, 4.69) is 38.0 Å². The molecule has 14 heavy (non-hydrogen) atoms. The first-order valence-corrected chi connectivity index (χ1v) is 6.52. The lowest BCUT2D eigenvalue weighted by Gasteiger charge is -2.20. The van der Waals surface area contributed by atoms with Crippen molar-refractivity contribution in [1.29, 1.82) is 0 Å². The van der Waals surface area contributed by atoms with Crippen LogP contribution >= 0.6 is 11.8 Å². The summed E-state index contributed by atoms with van der Waals surface area (Å²) >= 11 is 1.91. The Morgan fingerprint density at radius 1 is 1.50 bits per heavy atom. The highest BCUT2D eigenvalue weighted by molar-refractivity contribution is 8.14. The molecule has 0 spiro atoms. The molecule has 0 fully saturated rings. The van der Waals surface area contributed by atoms with E-state index in [0.29, 0.717) is 11.3 Å². The maximum absolute atomic E-state index is 4.51. The molecule has 0 aromatic carbocycles. The molecule has 1 N–H and O–H groups in total. The lowest BCUT2D eigenvalue weighted by atomic mass is 10.0. The zero-order valence-corrected chi connectivity index (χ0v) is 10.5. The molecule has 1 aliphatic rings. The molecule has 0 bridgehead atoms. The molecular weight excluding hydrogens is 192 g/mol. The van der Waals surface area contributed by atoms with Crippen LogP contribution in [0.5, 0.6) is 0 Å². The normalized spacial score (nSPS) is 25.7. The minimum Gasteiger partial charge on any atom is -0.362 e. The fraction of sp³-hybridized carbons (Fsp3) is 0.909. The molecule has 1 rings (SSSR count). The highest BCUT2D eigenvalue weighted by atomic mass is 32.2. The Balaban J connectivity index is 2.32. The van der Waals surface area contributed by atoms with Crippen molar-refractivity contribution in [2.24, 2.45) is 10.9 Å². The fourth-order valence-electron chi connectivity index (χ4n) is 1.40. The molecule has 1 heterocycles. The van der Waals surface area contributed by atoms with Gasteiger partial charge in [-0.25, -0.2) is 0 Å². The third kappa shape index (κ3) is 3.19. The van der Waals surface area contributed by atoms with Crippen molar-refractivity contribution in [3.63, 3.8) is 0 Å². The molecule has 3 heteroatoms. The Morgan fingerprint density at radius 2 is 2.21 bits per heavy atom. The molecule has 0 saturated carbocycles. The Bertz CT molecular complexity index is 203. The number of hydrogen-bond donors (Lipinski definition) is 1. The third-order valence-electron chi connectivity index (χ3n) is 3.02. The molecule has 0 radical (unpaired) electrons. The van der Waals surface area contributed by atoms with Crippen LogP contribution in [-0.4, -0.2) is 23.0 Å². The molecule has 0 saturated heterocycles. The fourth-order valence-corrected chi connectivity index (χ4v) is 2.43. The summed E-state index contributed by atoms with van der Waals surface area (Å²) in [7, 11) is 0. The number of nitrogens with one attached hydrogen (secondary N) is 1. The molecule has 3 unspecified atom stereocenters.